The smallest absolute Gasteiger partial charge is 0.253 e. The minimum Gasteiger partial charge on any atom is -0.611 e. The summed E-state index contributed by atoms with van der Waals surface area (Å²) >= 11 is 4.90. The maximum Gasteiger partial charge on any atom is 0.253 e. The summed E-state index contributed by atoms with van der Waals surface area (Å²) in [6, 6.07) is 14.6. The number of rotatable bonds is 4. The third-order valence-electron chi connectivity index (χ3n) is 4.22. The molecular weight excluding hydrogens is 342 g/mol. The van der Waals surface area contributed by atoms with Gasteiger partial charge in [0.1, 0.15) is 5.75 Å². The van der Waals surface area contributed by atoms with E-state index < -0.39 is 11.2 Å². The molecule has 1 heterocycles. The van der Waals surface area contributed by atoms with E-state index in [4.69, 9.17) is 11.6 Å². The molecule has 0 aliphatic carbocycles. The van der Waals surface area contributed by atoms with E-state index in [1.165, 1.54) is 6.42 Å². The average molecular weight is 362 g/mol. The normalized spacial score (nSPS) is 16.0. The van der Waals surface area contributed by atoms with E-state index in [1.54, 1.807) is 12.1 Å². The van der Waals surface area contributed by atoms with Crippen molar-refractivity contribution in [3.8, 4) is 0 Å². The molecule has 5 heteroatoms. The summed E-state index contributed by atoms with van der Waals surface area (Å²) < 4.78 is 12.5. The number of hydrogen-bond acceptors (Lipinski definition) is 2. The first kappa shape index (κ1) is 17.3. The Bertz CT molecular complexity index is 699. The summed E-state index contributed by atoms with van der Waals surface area (Å²) in [6.45, 7) is 1.69. The van der Waals surface area contributed by atoms with E-state index in [2.05, 4.69) is 0 Å². The van der Waals surface area contributed by atoms with Gasteiger partial charge in [0.2, 0.25) is 0 Å². The minimum atomic E-state index is -1.19. The Morgan fingerprint density at radius 1 is 1.04 bits per heavy atom. The van der Waals surface area contributed by atoms with Gasteiger partial charge in [0.25, 0.3) is 5.91 Å². The second-order valence-electron chi connectivity index (χ2n) is 5.97. The van der Waals surface area contributed by atoms with E-state index in [0.717, 1.165) is 31.5 Å². The first-order chi connectivity index (χ1) is 11.6. The van der Waals surface area contributed by atoms with Crippen LogP contribution in [0.4, 0.5) is 0 Å². The molecule has 126 valence electrons. The Kier molecular flexibility index (Phi) is 5.82. The van der Waals surface area contributed by atoms with Crippen LogP contribution in [0.3, 0.4) is 0 Å². The van der Waals surface area contributed by atoms with Gasteiger partial charge in [0.15, 0.2) is 4.90 Å². The second kappa shape index (κ2) is 8.06. The van der Waals surface area contributed by atoms with Gasteiger partial charge in [0, 0.05) is 24.2 Å². The maximum atomic E-state index is 12.5. The van der Waals surface area contributed by atoms with Gasteiger partial charge in [-0.25, -0.2) is 0 Å². The van der Waals surface area contributed by atoms with Crippen LogP contribution in [0, 0.1) is 0 Å². The van der Waals surface area contributed by atoms with E-state index in [1.807, 2.05) is 41.3 Å². The summed E-state index contributed by atoms with van der Waals surface area (Å²) in [5.41, 5.74) is 1.63. The van der Waals surface area contributed by atoms with E-state index in [-0.39, 0.29) is 5.91 Å². The lowest BCUT2D eigenvalue weighted by molar-refractivity contribution is 0.0724. The number of hydrogen-bond donors (Lipinski definition) is 0. The fraction of sp³-hybridized carbons (Fsp3) is 0.316. The molecule has 0 bridgehead atoms. The Morgan fingerprint density at radius 3 is 2.38 bits per heavy atom. The zero-order valence-electron chi connectivity index (χ0n) is 13.4. The van der Waals surface area contributed by atoms with Crippen molar-refractivity contribution >= 4 is 28.7 Å². The van der Waals surface area contributed by atoms with Crippen molar-refractivity contribution in [2.45, 2.75) is 29.9 Å². The first-order valence-electron chi connectivity index (χ1n) is 8.16. The predicted molar refractivity (Wildman–Crippen MR) is 97.8 cm³/mol. The van der Waals surface area contributed by atoms with Crippen LogP contribution in [-0.4, -0.2) is 28.4 Å². The molecule has 1 fully saturated rings. The number of likely N-dealkylation sites (tertiary alicyclic amines) is 1. The molecule has 1 atom stereocenters. The standard InChI is InChI=1S/C19H20ClNO2S/c20-17-6-2-3-7-18(17)24(23)14-15-8-10-16(11-9-15)19(22)21-12-4-1-5-13-21/h2-3,6-11H,1,4-5,12-14H2. The van der Waals surface area contributed by atoms with Gasteiger partial charge < -0.3 is 9.45 Å². The molecule has 1 aliphatic heterocycles. The molecule has 0 spiro atoms. The van der Waals surface area contributed by atoms with Crippen molar-refractivity contribution in [2.75, 3.05) is 13.1 Å². The second-order valence-corrected chi connectivity index (χ2v) is 7.80. The van der Waals surface area contributed by atoms with Crippen molar-refractivity contribution in [1.82, 2.24) is 4.90 Å². The van der Waals surface area contributed by atoms with Crippen LogP contribution in [-0.2, 0) is 16.9 Å². The van der Waals surface area contributed by atoms with Crippen molar-refractivity contribution in [1.29, 1.82) is 0 Å². The number of benzene rings is 2. The molecule has 3 nitrogen and oxygen atoms in total. The zero-order chi connectivity index (χ0) is 16.9. The third-order valence-corrected chi connectivity index (χ3v) is 6.11. The van der Waals surface area contributed by atoms with Gasteiger partial charge in [0.05, 0.1) is 5.02 Å². The van der Waals surface area contributed by atoms with Crippen molar-refractivity contribution in [2.24, 2.45) is 0 Å². The first-order valence-corrected chi connectivity index (χ1v) is 9.86. The molecule has 2 aromatic carbocycles. The molecule has 0 aromatic heterocycles. The molecule has 3 rings (SSSR count). The zero-order valence-corrected chi connectivity index (χ0v) is 15.0. The lowest BCUT2D eigenvalue weighted by Gasteiger charge is -2.26. The molecule has 0 saturated carbocycles. The number of carbonyl (C=O) groups is 1. The highest BCUT2D eigenvalue weighted by Gasteiger charge is 2.19. The number of amides is 1. The fourth-order valence-electron chi connectivity index (χ4n) is 2.88. The third kappa shape index (κ3) is 4.12. The maximum absolute atomic E-state index is 12.5. The van der Waals surface area contributed by atoms with Crippen molar-refractivity contribution in [3.63, 3.8) is 0 Å². The van der Waals surface area contributed by atoms with Gasteiger partial charge in [-0.2, -0.15) is 0 Å². The lowest BCUT2D eigenvalue weighted by Crippen LogP contribution is -2.35. The van der Waals surface area contributed by atoms with Crippen LogP contribution in [0.25, 0.3) is 0 Å². The van der Waals surface area contributed by atoms with Crippen LogP contribution in [0.2, 0.25) is 5.02 Å². The Morgan fingerprint density at radius 2 is 1.71 bits per heavy atom. The van der Waals surface area contributed by atoms with Crippen LogP contribution < -0.4 is 0 Å². The van der Waals surface area contributed by atoms with Gasteiger partial charge in [-0.05, 0) is 54.7 Å². The molecule has 1 saturated heterocycles. The van der Waals surface area contributed by atoms with Crippen LogP contribution in [0.15, 0.2) is 53.4 Å². The minimum absolute atomic E-state index is 0.0912. The van der Waals surface area contributed by atoms with Gasteiger partial charge in [-0.15, -0.1) is 0 Å². The Balaban J connectivity index is 1.66. The molecule has 24 heavy (non-hydrogen) atoms. The Hall–Kier alpha value is -1.49. The molecule has 0 N–H and O–H groups in total. The number of piperidine rings is 1. The van der Waals surface area contributed by atoms with Gasteiger partial charge in [-0.1, -0.05) is 35.9 Å². The number of halogens is 1. The summed E-state index contributed by atoms with van der Waals surface area (Å²) in [5, 5.41) is 0.521. The summed E-state index contributed by atoms with van der Waals surface area (Å²) in [6.07, 6.45) is 3.37. The SMILES string of the molecule is O=C(c1ccc(C[S+]([O-])c2ccccc2Cl)cc1)N1CCCCC1. The molecule has 1 unspecified atom stereocenters. The average Bonchev–Trinajstić information content (AvgIpc) is 2.63. The molecule has 0 radical (unpaired) electrons. The quantitative estimate of drug-likeness (QED) is 0.763. The van der Waals surface area contributed by atoms with Crippen LogP contribution in [0.1, 0.15) is 35.2 Å². The fourth-order valence-corrected chi connectivity index (χ4v) is 4.44. The molecular formula is C19H20ClNO2S. The van der Waals surface area contributed by atoms with E-state index >= 15 is 0 Å². The summed E-state index contributed by atoms with van der Waals surface area (Å²) in [4.78, 5) is 15.0. The highest BCUT2D eigenvalue weighted by molar-refractivity contribution is 7.90. The molecule has 1 amide bonds. The topological polar surface area (TPSA) is 43.4 Å². The highest BCUT2D eigenvalue weighted by atomic mass is 35.5. The van der Waals surface area contributed by atoms with Crippen molar-refractivity contribution < 1.29 is 9.35 Å². The Labute approximate surface area is 150 Å². The summed E-state index contributed by atoms with van der Waals surface area (Å²) in [7, 11) is 0. The predicted octanol–water partition coefficient (Wildman–Crippen LogP) is 4.27. The highest BCUT2D eigenvalue weighted by Crippen LogP contribution is 2.24. The molecule has 1 aliphatic rings. The van der Waals surface area contributed by atoms with Crippen molar-refractivity contribution in [3.05, 3.63) is 64.7 Å². The van der Waals surface area contributed by atoms with E-state index in [0.29, 0.717) is 21.2 Å². The number of nitrogens with zero attached hydrogens (tertiary/aromatic N) is 1. The monoisotopic (exact) mass is 361 g/mol. The van der Waals surface area contributed by atoms with Gasteiger partial charge in [-0.3, -0.25) is 4.79 Å². The van der Waals surface area contributed by atoms with Gasteiger partial charge >= 0.3 is 0 Å². The van der Waals surface area contributed by atoms with E-state index in [9.17, 15) is 9.35 Å². The van der Waals surface area contributed by atoms with Crippen LogP contribution >= 0.6 is 11.6 Å². The largest absolute Gasteiger partial charge is 0.611 e. The molecule has 2 aromatic rings. The van der Waals surface area contributed by atoms with Crippen LogP contribution in [0.5, 0.6) is 0 Å². The number of carbonyl (C=O) groups excluding carboxylic acids is 1. The lowest BCUT2D eigenvalue weighted by atomic mass is 10.1. The summed E-state index contributed by atoms with van der Waals surface area (Å²) in [5.74, 6) is 0.482.